The van der Waals surface area contributed by atoms with E-state index in [-0.39, 0.29) is 5.60 Å². The highest BCUT2D eigenvalue weighted by Gasteiger charge is 2.28. The first-order valence-corrected chi connectivity index (χ1v) is 6.53. The fraction of sp³-hybridized carbons (Fsp3) is 0.538. The van der Waals surface area contributed by atoms with E-state index in [9.17, 15) is 0 Å². The molecule has 0 aliphatic carbocycles. The summed E-state index contributed by atoms with van der Waals surface area (Å²) in [5.74, 6) is 0. The third-order valence-corrected chi connectivity index (χ3v) is 3.29. The van der Waals surface area contributed by atoms with Crippen LogP contribution in [0.25, 0.3) is 0 Å². The van der Waals surface area contributed by atoms with Gasteiger partial charge in [0.1, 0.15) is 4.99 Å². The highest BCUT2D eigenvalue weighted by atomic mass is 32.1. The topological polar surface area (TPSA) is 60.2 Å². The number of thiocarbonyl (C=S) groups is 1. The number of hydrogen-bond donors (Lipinski definition) is 2. The average molecular weight is 265 g/mol. The van der Waals surface area contributed by atoms with Crippen molar-refractivity contribution in [1.29, 1.82) is 0 Å². The van der Waals surface area contributed by atoms with Gasteiger partial charge in [0.25, 0.3) is 0 Å². The summed E-state index contributed by atoms with van der Waals surface area (Å²) in [4.78, 5) is 4.45. The van der Waals surface area contributed by atoms with Gasteiger partial charge < -0.3 is 15.8 Å². The van der Waals surface area contributed by atoms with Crippen molar-refractivity contribution < 1.29 is 4.74 Å². The third-order valence-electron chi connectivity index (χ3n) is 3.08. The fourth-order valence-corrected chi connectivity index (χ4v) is 2.36. The lowest BCUT2D eigenvalue weighted by atomic mass is 9.94. The summed E-state index contributed by atoms with van der Waals surface area (Å²) in [6.45, 7) is 5.03. The van der Waals surface area contributed by atoms with E-state index in [1.807, 2.05) is 12.1 Å². The monoisotopic (exact) mass is 265 g/mol. The molecule has 2 rings (SSSR count). The average Bonchev–Trinajstić information content (AvgIpc) is 2.28. The van der Waals surface area contributed by atoms with Crippen molar-refractivity contribution >= 4 is 22.9 Å². The zero-order chi connectivity index (χ0) is 13.2. The minimum absolute atomic E-state index is 0.0606. The Kier molecular flexibility index (Phi) is 3.82. The lowest BCUT2D eigenvalue weighted by Crippen LogP contribution is -2.40. The Labute approximate surface area is 113 Å². The highest BCUT2D eigenvalue weighted by molar-refractivity contribution is 7.80. The van der Waals surface area contributed by atoms with Gasteiger partial charge in [0.2, 0.25) is 0 Å². The Balaban J connectivity index is 2.05. The molecular formula is C13H19N3OS. The molecule has 1 aromatic heterocycles. The number of aromatic nitrogens is 1. The molecule has 2 heterocycles. The van der Waals surface area contributed by atoms with E-state index >= 15 is 0 Å². The van der Waals surface area contributed by atoms with Gasteiger partial charge in [-0.2, -0.15) is 0 Å². The van der Waals surface area contributed by atoms with Crippen LogP contribution >= 0.6 is 12.2 Å². The maximum atomic E-state index is 5.70. The largest absolute Gasteiger partial charge is 0.388 e. The number of ether oxygens (including phenoxy) is 1. The number of nitrogens with two attached hydrogens (primary N) is 1. The minimum Gasteiger partial charge on any atom is -0.388 e. The van der Waals surface area contributed by atoms with Crippen LogP contribution in [-0.4, -0.2) is 28.2 Å². The van der Waals surface area contributed by atoms with Crippen LogP contribution in [-0.2, 0) is 4.74 Å². The van der Waals surface area contributed by atoms with Crippen LogP contribution in [0.5, 0.6) is 0 Å². The SMILES string of the molecule is CC1(C)CC(Nc2ccnc(C(N)=S)c2)CCO1. The molecule has 0 amide bonds. The Hall–Kier alpha value is -1.20. The smallest absolute Gasteiger partial charge is 0.122 e. The molecular weight excluding hydrogens is 246 g/mol. The zero-order valence-corrected chi connectivity index (χ0v) is 11.6. The van der Waals surface area contributed by atoms with Crippen LogP contribution in [0.1, 0.15) is 32.4 Å². The predicted octanol–water partition coefficient (Wildman–Crippen LogP) is 2.09. The van der Waals surface area contributed by atoms with Crippen molar-refractivity contribution in [2.45, 2.75) is 38.3 Å². The van der Waals surface area contributed by atoms with Gasteiger partial charge in [-0.05, 0) is 38.8 Å². The van der Waals surface area contributed by atoms with Gasteiger partial charge >= 0.3 is 0 Å². The van der Waals surface area contributed by atoms with Gasteiger partial charge in [0.05, 0.1) is 11.3 Å². The van der Waals surface area contributed by atoms with Crippen LogP contribution < -0.4 is 11.1 Å². The highest BCUT2D eigenvalue weighted by Crippen LogP contribution is 2.26. The van der Waals surface area contributed by atoms with Crippen molar-refractivity contribution in [2.75, 3.05) is 11.9 Å². The number of nitrogens with one attached hydrogen (secondary N) is 1. The summed E-state index contributed by atoms with van der Waals surface area (Å²) in [7, 11) is 0. The molecule has 0 spiro atoms. The lowest BCUT2D eigenvalue weighted by molar-refractivity contribution is -0.0553. The Morgan fingerprint density at radius 1 is 1.61 bits per heavy atom. The molecule has 0 radical (unpaired) electrons. The third kappa shape index (κ3) is 3.40. The second-order valence-electron chi connectivity index (χ2n) is 5.24. The van der Waals surface area contributed by atoms with Crippen molar-refractivity contribution in [2.24, 2.45) is 5.73 Å². The summed E-state index contributed by atoms with van der Waals surface area (Å²) in [5, 5.41) is 3.50. The number of hydrogen-bond acceptors (Lipinski definition) is 4. The Morgan fingerprint density at radius 2 is 2.39 bits per heavy atom. The van der Waals surface area contributed by atoms with E-state index in [2.05, 4.69) is 24.1 Å². The van der Waals surface area contributed by atoms with Gasteiger partial charge in [-0.15, -0.1) is 0 Å². The first kappa shape index (κ1) is 13.2. The summed E-state index contributed by atoms with van der Waals surface area (Å²) >= 11 is 4.93. The molecule has 98 valence electrons. The predicted molar refractivity (Wildman–Crippen MR) is 76.8 cm³/mol. The molecule has 5 heteroatoms. The number of pyridine rings is 1. The van der Waals surface area contributed by atoms with Crippen LogP contribution in [0, 0.1) is 0 Å². The molecule has 1 aromatic rings. The molecule has 1 aliphatic rings. The van der Waals surface area contributed by atoms with Gasteiger partial charge in [0, 0.05) is 24.5 Å². The Morgan fingerprint density at radius 3 is 3.06 bits per heavy atom. The molecule has 1 fully saturated rings. The first-order chi connectivity index (χ1) is 8.46. The summed E-state index contributed by atoms with van der Waals surface area (Å²) in [6, 6.07) is 4.24. The number of rotatable bonds is 3. The second-order valence-corrected chi connectivity index (χ2v) is 5.68. The van der Waals surface area contributed by atoms with Crippen LogP contribution in [0.3, 0.4) is 0 Å². The van der Waals surface area contributed by atoms with Crippen LogP contribution in [0.2, 0.25) is 0 Å². The van der Waals surface area contributed by atoms with Gasteiger partial charge in [-0.25, -0.2) is 0 Å². The maximum Gasteiger partial charge on any atom is 0.122 e. The summed E-state index contributed by atoms with van der Waals surface area (Å²) in [5.41, 5.74) is 7.18. The van der Waals surface area contributed by atoms with Crippen molar-refractivity contribution in [3.05, 3.63) is 24.0 Å². The molecule has 1 aliphatic heterocycles. The van der Waals surface area contributed by atoms with Gasteiger partial charge in [0.15, 0.2) is 0 Å². The van der Waals surface area contributed by atoms with E-state index in [4.69, 9.17) is 22.7 Å². The van der Waals surface area contributed by atoms with Crippen LogP contribution in [0.4, 0.5) is 5.69 Å². The normalized spacial score (nSPS) is 22.4. The minimum atomic E-state index is -0.0606. The first-order valence-electron chi connectivity index (χ1n) is 6.13. The molecule has 18 heavy (non-hydrogen) atoms. The quantitative estimate of drug-likeness (QED) is 0.819. The number of anilines is 1. The van der Waals surface area contributed by atoms with E-state index in [0.29, 0.717) is 16.7 Å². The molecule has 0 bridgehead atoms. The molecule has 3 N–H and O–H groups in total. The molecule has 1 saturated heterocycles. The van der Waals surface area contributed by atoms with Gasteiger partial charge in [-0.1, -0.05) is 12.2 Å². The summed E-state index contributed by atoms with van der Waals surface area (Å²) < 4.78 is 5.70. The Bertz CT molecular complexity index is 448. The lowest BCUT2D eigenvalue weighted by Gasteiger charge is -2.36. The molecule has 4 nitrogen and oxygen atoms in total. The van der Waals surface area contributed by atoms with Gasteiger partial charge in [-0.3, -0.25) is 4.98 Å². The van der Waals surface area contributed by atoms with E-state index in [0.717, 1.165) is 25.1 Å². The molecule has 1 atom stereocenters. The zero-order valence-electron chi connectivity index (χ0n) is 10.8. The maximum absolute atomic E-state index is 5.70. The van der Waals surface area contributed by atoms with Crippen molar-refractivity contribution in [3.63, 3.8) is 0 Å². The number of nitrogens with zero attached hydrogens (tertiary/aromatic N) is 1. The molecule has 0 aromatic carbocycles. The molecule has 0 saturated carbocycles. The van der Waals surface area contributed by atoms with Crippen molar-refractivity contribution in [3.8, 4) is 0 Å². The van der Waals surface area contributed by atoms with E-state index in [1.54, 1.807) is 6.20 Å². The fourth-order valence-electron chi connectivity index (χ4n) is 2.25. The van der Waals surface area contributed by atoms with Crippen molar-refractivity contribution in [1.82, 2.24) is 4.98 Å². The van der Waals surface area contributed by atoms with Crippen LogP contribution in [0.15, 0.2) is 18.3 Å². The van der Waals surface area contributed by atoms with E-state index in [1.165, 1.54) is 0 Å². The standard InChI is InChI=1S/C13H19N3OS/c1-13(2)8-10(4-6-17-13)16-9-3-5-15-11(7-9)12(14)18/h3,5,7,10H,4,6,8H2,1-2H3,(H2,14,18)(H,15,16). The van der Waals surface area contributed by atoms with E-state index < -0.39 is 0 Å². The molecule has 1 unspecified atom stereocenters. The summed E-state index contributed by atoms with van der Waals surface area (Å²) in [6.07, 6.45) is 3.72. The second kappa shape index (κ2) is 5.20.